The zero-order valence-electron chi connectivity index (χ0n) is 19.3. The highest BCUT2D eigenvalue weighted by Gasteiger charge is 2.32. The maximum Gasteiger partial charge on any atom is 0.263 e. The van der Waals surface area contributed by atoms with Crippen molar-refractivity contribution in [1.29, 1.82) is 0 Å². The predicted molar refractivity (Wildman–Crippen MR) is 138 cm³/mol. The van der Waals surface area contributed by atoms with E-state index in [1.54, 1.807) is 47.4 Å². The SMILES string of the molecule is CC(C)Nc1nc2c(c(=O)n1-c1ccc(C(=O)Cl)cc1)C[C@@H](C)N(C(=O)c1ccc(Cl)c(Cl)c1)C2. The standard InChI is InChI=1S/C25H23Cl3N4O3/c1-13(2)29-25-30-21-12-31(23(34)16-6-9-19(26)20(27)11-16)14(3)10-18(21)24(35)32(25)17-7-4-15(5-8-17)22(28)33/h4-9,11,13-14H,10,12H2,1-3H3,(H,29,30)/t14-/m1/s1. The molecule has 1 atom stereocenters. The number of carbonyl (C=O) groups excluding carboxylic acids is 2. The molecular weight excluding hydrogens is 511 g/mol. The number of hydrogen-bond donors (Lipinski definition) is 1. The van der Waals surface area contributed by atoms with Gasteiger partial charge in [0, 0.05) is 28.8 Å². The summed E-state index contributed by atoms with van der Waals surface area (Å²) in [6.45, 7) is 5.95. The van der Waals surface area contributed by atoms with Crippen LogP contribution in [0.2, 0.25) is 10.0 Å². The van der Waals surface area contributed by atoms with E-state index in [1.165, 1.54) is 4.57 Å². The van der Waals surface area contributed by atoms with Gasteiger partial charge in [0.1, 0.15) is 0 Å². The van der Waals surface area contributed by atoms with E-state index in [0.29, 0.717) is 50.5 Å². The smallest absolute Gasteiger partial charge is 0.263 e. The lowest BCUT2D eigenvalue weighted by Crippen LogP contribution is -2.46. The van der Waals surface area contributed by atoms with Crippen LogP contribution in [0.5, 0.6) is 0 Å². The van der Waals surface area contributed by atoms with Gasteiger partial charge in [-0.2, -0.15) is 0 Å². The van der Waals surface area contributed by atoms with E-state index in [1.807, 2.05) is 20.8 Å². The average Bonchev–Trinajstić information content (AvgIpc) is 2.80. The van der Waals surface area contributed by atoms with Crippen molar-refractivity contribution in [3.8, 4) is 5.69 Å². The van der Waals surface area contributed by atoms with Crippen LogP contribution < -0.4 is 10.9 Å². The summed E-state index contributed by atoms with van der Waals surface area (Å²) in [5.41, 5.74) is 2.15. The molecule has 1 N–H and O–H groups in total. The quantitative estimate of drug-likeness (QED) is 0.449. The molecule has 0 saturated heterocycles. The van der Waals surface area contributed by atoms with Crippen LogP contribution in [0.15, 0.2) is 47.3 Å². The monoisotopic (exact) mass is 532 g/mol. The lowest BCUT2D eigenvalue weighted by molar-refractivity contribution is 0.0653. The third-order valence-electron chi connectivity index (χ3n) is 5.81. The molecule has 35 heavy (non-hydrogen) atoms. The zero-order chi connectivity index (χ0) is 25.4. The second-order valence-electron chi connectivity index (χ2n) is 8.74. The molecule has 0 fully saturated rings. The summed E-state index contributed by atoms with van der Waals surface area (Å²) in [5, 5.41) is 3.32. The highest BCUT2D eigenvalue weighted by molar-refractivity contribution is 6.67. The van der Waals surface area contributed by atoms with Crippen molar-refractivity contribution in [2.45, 2.75) is 45.8 Å². The molecule has 3 aromatic rings. The van der Waals surface area contributed by atoms with E-state index in [9.17, 15) is 14.4 Å². The van der Waals surface area contributed by atoms with Crippen LogP contribution in [-0.2, 0) is 13.0 Å². The average molecular weight is 534 g/mol. The number of fused-ring (bicyclic) bond motifs is 1. The number of halogens is 3. The molecule has 7 nitrogen and oxygen atoms in total. The van der Waals surface area contributed by atoms with Gasteiger partial charge >= 0.3 is 0 Å². The molecule has 0 aliphatic carbocycles. The number of benzene rings is 2. The van der Waals surface area contributed by atoms with Crippen LogP contribution in [0.3, 0.4) is 0 Å². The van der Waals surface area contributed by atoms with Gasteiger partial charge in [-0.3, -0.25) is 14.4 Å². The molecule has 0 bridgehead atoms. The lowest BCUT2D eigenvalue weighted by Gasteiger charge is -2.34. The molecule has 0 radical (unpaired) electrons. The first kappa shape index (κ1) is 25.2. The number of aromatic nitrogens is 2. The topological polar surface area (TPSA) is 84.3 Å². The minimum atomic E-state index is -0.575. The molecule has 2 aromatic carbocycles. The Labute approximate surface area is 217 Å². The van der Waals surface area contributed by atoms with Crippen molar-refractivity contribution >= 4 is 51.9 Å². The minimum absolute atomic E-state index is 0.00801. The molecule has 1 aliphatic heterocycles. The Bertz CT molecular complexity index is 1370. The molecule has 1 aliphatic rings. The molecule has 10 heteroatoms. The van der Waals surface area contributed by atoms with Gasteiger partial charge in [0.05, 0.1) is 28.0 Å². The van der Waals surface area contributed by atoms with Crippen molar-refractivity contribution in [1.82, 2.24) is 14.5 Å². The van der Waals surface area contributed by atoms with E-state index < -0.39 is 5.24 Å². The Kier molecular flexibility index (Phi) is 7.22. The molecule has 1 aromatic heterocycles. The maximum atomic E-state index is 13.7. The molecule has 2 heterocycles. The lowest BCUT2D eigenvalue weighted by atomic mass is 9.98. The number of nitrogens with one attached hydrogen (secondary N) is 1. The highest BCUT2D eigenvalue weighted by Crippen LogP contribution is 2.27. The zero-order valence-corrected chi connectivity index (χ0v) is 21.6. The number of carbonyl (C=O) groups is 2. The second kappa shape index (κ2) is 10.0. The summed E-state index contributed by atoms with van der Waals surface area (Å²) in [6, 6.07) is 11.0. The summed E-state index contributed by atoms with van der Waals surface area (Å²) in [4.78, 5) is 44.8. The van der Waals surface area contributed by atoms with E-state index in [0.717, 1.165) is 0 Å². The van der Waals surface area contributed by atoms with Gasteiger partial charge in [0.15, 0.2) is 0 Å². The minimum Gasteiger partial charge on any atom is -0.353 e. The maximum absolute atomic E-state index is 13.7. The number of hydrogen-bond acceptors (Lipinski definition) is 5. The number of rotatable bonds is 5. The molecular formula is C25H23Cl3N4O3. The van der Waals surface area contributed by atoms with E-state index >= 15 is 0 Å². The van der Waals surface area contributed by atoms with Crippen molar-refractivity contribution in [3.63, 3.8) is 0 Å². The van der Waals surface area contributed by atoms with E-state index in [2.05, 4.69) is 5.32 Å². The summed E-state index contributed by atoms with van der Waals surface area (Å²) in [7, 11) is 0. The van der Waals surface area contributed by atoms with Crippen molar-refractivity contribution in [2.24, 2.45) is 0 Å². The third-order valence-corrected chi connectivity index (χ3v) is 6.77. The van der Waals surface area contributed by atoms with Gasteiger partial charge in [0.25, 0.3) is 16.7 Å². The van der Waals surface area contributed by atoms with Crippen LogP contribution in [0.4, 0.5) is 5.95 Å². The summed E-state index contributed by atoms with van der Waals surface area (Å²) in [5.74, 6) is 0.137. The van der Waals surface area contributed by atoms with Gasteiger partial charge in [-0.25, -0.2) is 9.55 Å². The van der Waals surface area contributed by atoms with E-state index in [4.69, 9.17) is 39.8 Å². The first-order chi connectivity index (χ1) is 16.6. The Morgan fingerprint density at radius 1 is 1.06 bits per heavy atom. The fourth-order valence-corrected chi connectivity index (χ4v) is 4.49. The molecule has 4 rings (SSSR count). The summed E-state index contributed by atoms with van der Waals surface area (Å²) < 4.78 is 1.49. The predicted octanol–water partition coefficient (Wildman–Crippen LogP) is 5.33. The van der Waals surface area contributed by atoms with Gasteiger partial charge in [-0.1, -0.05) is 23.2 Å². The van der Waals surface area contributed by atoms with Gasteiger partial charge in [-0.05, 0) is 81.3 Å². The van der Waals surface area contributed by atoms with Gasteiger partial charge < -0.3 is 10.2 Å². The van der Waals surface area contributed by atoms with Crippen LogP contribution in [0.25, 0.3) is 5.69 Å². The fraction of sp³-hybridized carbons (Fsp3) is 0.280. The number of amides is 1. The molecule has 182 valence electrons. The Hall–Kier alpha value is -2.87. The normalized spacial score (nSPS) is 15.2. The molecule has 0 unspecified atom stereocenters. The van der Waals surface area contributed by atoms with E-state index in [-0.39, 0.29) is 30.1 Å². The molecule has 1 amide bonds. The Balaban J connectivity index is 1.77. The van der Waals surface area contributed by atoms with Gasteiger partial charge in [0.2, 0.25) is 5.95 Å². The van der Waals surface area contributed by atoms with Crippen molar-refractivity contribution in [3.05, 3.63) is 85.2 Å². The van der Waals surface area contributed by atoms with Crippen molar-refractivity contribution in [2.75, 3.05) is 5.32 Å². The summed E-state index contributed by atoms with van der Waals surface area (Å²) in [6.07, 6.45) is 0.342. The third kappa shape index (κ3) is 5.08. The van der Waals surface area contributed by atoms with Crippen LogP contribution in [0, 0.1) is 0 Å². The first-order valence-electron chi connectivity index (χ1n) is 11.0. The Morgan fingerprint density at radius 3 is 2.31 bits per heavy atom. The first-order valence-corrected chi connectivity index (χ1v) is 12.2. The van der Waals surface area contributed by atoms with Crippen LogP contribution in [0.1, 0.15) is 52.7 Å². The van der Waals surface area contributed by atoms with Crippen molar-refractivity contribution < 1.29 is 9.59 Å². The second-order valence-corrected chi connectivity index (χ2v) is 9.89. The number of nitrogens with zero attached hydrogens (tertiary/aromatic N) is 3. The molecule has 0 spiro atoms. The molecule has 0 saturated carbocycles. The fourth-order valence-electron chi connectivity index (χ4n) is 4.06. The van der Waals surface area contributed by atoms with Gasteiger partial charge in [-0.15, -0.1) is 0 Å². The Morgan fingerprint density at radius 2 is 1.71 bits per heavy atom. The van der Waals surface area contributed by atoms with Crippen LogP contribution >= 0.6 is 34.8 Å². The summed E-state index contributed by atoms with van der Waals surface area (Å²) >= 11 is 17.7. The number of anilines is 1. The largest absolute Gasteiger partial charge is 0.353 e. The highest BCUT2D eigenvalue weighted by atomic mass is 35.5. The van der Waals surface area contributed by atoms with Crippen LogP contribution in [-0.4, -0.2) is 37.7 Å².